The number of carbonyl (C=O) groups excluding carboxylic acids is 2. The minimum Gasteiger partial charge on any atom is -0.354 e. The third kappa shape index (κ3) is 8.68. The number of hydrogen-bond acceptors (Lipinski definition) is 4. The molecule has 7 nitrogen and oxygen atoms in total. The van der Waals surface area contributed by atoms with Crippen molar-refractivity contribution >= 4 is 27.5 Å². The monoisotopic (exact) mass is 549 g/mol. The maximum Gasteiger partial charge on any atom is 0.244 e. The molecule has 1 N–H and O–H groups in total. The summed E-state index contributed by atoms with van der Waals surface area (Å²) >= 11 is 0. The molecule has 39 heavy (non-hydrogen) atoms. The van der Waals surface area contributed by atoms with Crippen molar-refractivity contribution < 1.29 is 18.0 Å². The van der Waals surface area contributed by atoms with E-state index in [2.05, 4.69) is 5.32 Å². The second-order valence-electron chi connectivity index (χ2n) is 9.92. The number of unbranched alkanes of at least 4 members (excludes halogenated alkanes) is 1. The van der Waals surface area contributed by atoms with Crippen LogP contribution in [0.3, 0.4) is 0 Å². The predicted molar refractivity (Wildman–Crippen MR) is 157 cm³/mol. The third-order valence-electron chi connectivity index (χ3n) is 6.60. The molecule has 3 rings (SSSR count). The Morgan fingerprint density at radius 1 is 0.897 bits per heavy atom. The van der Waals surface area contributed by atoms with Crippen molar-refractivity contribution in [2.24, 2.45) is 0 Å². The van der Waals surface area contributed by atoms with Crippen LogP contribution >= 0.6 is 0 Å². The topological polar surface area (TPSA) is 86.8 Å². The lowest BCUT2D eigenvalue weighted by Crippen LogP contribution is -2.53. The Hall–Kier alpha value is -3.65. The van der Waals surface area contributed by atoms with Gasteiger partial charge in [0, 0.05) is 19.5 Å². The van der Waals surface area contributed by atoms with E-state index < -0.39 is 28.5 Å². The predicted octanol–water partition coefficient (Wildman–Crippen LogP) is 4.63. The standard InChI is InChI=1S/C31H39N3O4S/c1-5-6-19-32-31(36)29(21-26-15-8-7-9-16-26)33(22-27-17-12-13-24(2)20-27)30(35)23-34(39(4,37)38)28-18-11-10-14-25(28)3/h7-18,20,29H,5-6,19,21-23H2,1-4H3,(H,32,36)/t29-/m1/s1. The largest absolute Gasteiger partial charge is 0.354 e. The van der Waals surface area contributed by atoms with Crippen molar-refractivity contribution in [3.8, 4) is 0 Å². The summed E-state index contributed by atoms with van der Waals surface area (Å²) in [5, 5.41) is 3.00. The van der Waals surface area contributed by atoms with Crippen molar-refractivity contribution in [2.75, 3.05) is 23.7 Å². The van der Waals surface area contributed by atoms with Crippen molar-refractivity contribution in [2.45, 2.75) is 52.6 Å². The molecule has 0 fully saturated rings. The number of hydrogen-bond donors (Lipinski definition) is 1. The fourth-order valence-electron chi connectivity index (χ4n) is 4.51. The zero-order valence-electron chi connectivity index (χ0n) is 23.3. The van der Waals surface area contributed by atoms with Crippen LogP contribution in [-0.2, 0) is 32.6 Å². The minimum absolute atomic E-state index is 0.171. The highest BCUT2D eigenvalue weighted by Gasteiger charge is 2.33. The number of sulfonamides is 1. The van der Waals surface area contributed by atoms with E-state index >= 15 is 0 Å². The van der Waals surface area contributed by atoms with Crippen LogP contribution in [0.2, 0.25) is 0 Å². The van der Waals surface area contributed by atoms with Gasteiger partial charge in [0.2, 0.25) is 21.8 Å². The average Bonchev–Trinajstić information content (AvgIpc) is 2.90. The van der Waals surface area contributed by atoms with Crippen LogP contribution in [0.4, 0.5) is 5.69 Å². The second kappa shape index (κ2) is 13.9. The fourth-order valence-corrected chi connectivity index (χ4v) is 5.41. The normalized spacial score (nSPS) is 12.0. The number of carbonyl (C=O) groups is 2. The average molecular weight is 550 g/mol. The Kier molecular flexibility index (Phi) is 10.7. The number of nitrogens with zero attached hydrogens (tertiary/aromatic N) is 2. The molecule has 0 aliphatic heterocycles. The van der Waals surface area contributed by atoms with E-state index in [1.54, 1.807) is 12.1 Å². The molecule has 0 bridgehead atoms. The molecule has 0 heterocycles. The highest BCUT2D eigenvalue weighted by Crippen LogP contribution is 2.23. The number of para-hydroxylation sites is 1. The summed E-state index contributed by atoms with van der Waals surface area (Å²) in [5.41, 5.74) is 3.98. The SMILES string of the molecule is CCCCNC(=O)[C@@H](Cc1ccccc1)N(Cc1cccc(C)c1)C(=O)CN(c1ccccc1C)S(C)(=O)=O. The molecule has 2 amide bonds. The van der Waals surface area contributed by atoms with Crippen LogP contribution in [0.15, 0.2) is 78.9 Å². The number of benzene rings is 3. The molecular weight excluding hydrogens is 510 g/mol. The highest BCUT2D eigenvalue weighted by atomic mass is 32.2. The Bertz CT molecular complexity index is 1360. The second-order valence-corrected chi connectivity index (χ2v) is 11.8. The zero-order chi connectivity index (χ0) is 28.4. The molecule has 0 unspecified atom stereocenters. The first kappa shape index (κ1) is 29.9. The number of nitrogens with one attached hydrogen (secondary N) is 1. The van der Waals surface area contributed by atoms with Gasteiger partial charge in [-0.1, -0.05) is 91.7 Å². The van der Waals surface area contributed by atoms with E-state index in [1.807, 2.05) is 87.5 Å². The van der Waals surface area contributed by atoms with Crippen LogP contribution in [0.1, 0.15) is 42.0 Å². The molecule has 0 spiro atoms. The van der Waals surface area contributed by atoms with Gasteiger partial charge in [-0.2, -0.15) is 0 Å². The van der Waals surface area contributed by atoms with Gasteiger partial charge in [-0.05, 0) is 43.0 Å². The zero-order valence-corrected chi connectivity index (χ0v) is 24.1. The number of aryl methyl sites for hydroxylation is 2. The van der Waals surface area contributed by atoms with Gasteiger partial charge < -0.3 is 10.2 Å². The lowest BCUT2D eigenvalue weighted by molar-refractivity contribution is -0.140. The summed E-state index contributed by atoms with van der Waals surface area (Å²) < 4.78 is 26.9. The van der Waals surface area contributed by atoms with Gasteiger partial charge >= 0.3 is 0 Å². The van der Waals surface area contributed by atoms with Gasteiger partial charge in [-0.3, -0.25) is 13.9 Å². The molecule has 0 saturated carbocycles. The molecular formula is C31H39N3O4S. The van der Waals surface area contributed by atoms with Crippen molar-refractivity contribution in [1.82, 2.24) is 10.2 Å². The molecule has 3 aromatic carbocycles. The van der Waals surface area contributed by atoms with Crippen LogP contribution in [-0.4, -0.2) is 50.5 Å². The van der Waals surface area contributed by atoms with Crippen molar-refractivity contribution in [3.05, 3.63) is 101 Å². The van der Waals surface area contributed by atoms with E-state index in [-0.39, 0.29) is 12.5 Å². The van der Waals surface area contributed by atoms with Crippen molar-refractivity contribution in [3.63, 3.8) is 0 Å². The maximum atomic E-state index is 14.1. The molecule has 3 aromatic rings. The Morgan fingerprint density at radius 3 is 2.21 bits per heavy atom. The first-order chi connectivity index (χ1) is 18.6. The summed E-state index contributed by atoms with van der Waals surface area (Å²) in [6, 6.07) is 23.6. The summed E-state index contributed by atoms with van der Waals surface area (Å²) in [5.74, 6) is -0.702. The number of rotatable bonds is 13. The first-order valence-electron chi connectivity index (χ1n) is 13.3. The lowest BCUT2D eigenvalue weighted by atomic mass is 10.0. The first-order valence-corrected chi connectivity index (χ1v) is 15.1. The molecule has 0 aliphatic carbocycles. The minimum atomic E-state index is -3.79. The van der Waals surface area contributed by atoms with E-state index in [1.165, 1.54) is 4.90 Å². The van der Waals surface area contributed by atoms with E-state index in [0.29, 0.717) is 18.7 Å². The van der Waals surface area contributed by atoms with Gasteiger partial charge in [0.15, 0.2) is 0 Å². The van der Waals surface area contributed by atoms with E-state index in [0.717, 1.165) is 45.7 Å². The van der Waals surface area contributed by atoms with Crippen molar-refractivity contribution in [1.29, 1.82) is 0 Å². The van der Waals surface area contributed by atoms with Gasteiger partial charge in [0.1, 0.15) is 12.6 Å². The molecule has 0 saturated heterocycles. The Labute approximate surface area is 232 Å². The quantitative estimate of drug-likeness (QED) is 0.315. The smallest absolute Gasteiger partial charge is 0.244 e. The van der Waals surface area contributed by atoms with Gasteiger partial charge in [0.05, 0.1) is 11.9 Å². The van der Waals surface area contributed by atoms with Crippen LogP contribution < -0.4 is 9.62 Å². The highest BCUT2D eigenvalue weighted by molar-refractivity contribution is 7.92. The third-order valence-corrected chi connectivity index (χ3v) is 7.73. The molecule has 1 atom stereocenters. The Morgan fingerprint density at radius 2 is 1.56 bits per heavy atom. The van der Waals surface area contributed by atoms with E-state index in [9.17, 15) is 18.0 Å². The summed E-state index contributed by atoms with van der Waals surface area (Å²) in [6.07, 6.45) is 3.15. The lowest BCUT2D eigenvalue weighted by Gasteiger charge is -2.34. The van der Waals surface area contributed by atoms with Crippen LogP contribution in [0.5, 0.6) is 0 Å². The molecule has 208 valence electrons. The maximum absolute atomic E-state index is 14.1. The van der Waals surface area contributed by atoms with Gasteiger partial charge in [0.25, 0.3) is 0 Å². The number of anilines is 1. The summed E-state index contributed by atoms with van der Waals surface area (Å²) in [6.45, 7) is 6.09. The fraction of sp³-hybridized carbons (Fsp3) is 0.355. The Balaban J connectivity index is 2.04. The van der Waals surface area contributed by atoms with Gasteiger partial charge in [-0.25, -0.2) is 8.42 Å². The summed E-state index contributed by atoms with van der Waals surface area (Å²) in [7, 11) is -3.79. The molecule has 0 aliphatic rings. The number of amides is 2. The van der Waals surface area contributed by atoms with Gasteiger partial charge in [-0.15, -0.1) is 0 Å². The molecule has 0 aromatic heterocycles. The summed E-state index contributed by atoms with van der Waals surface area (Å²) in [4.78, 5) is 29.2. The van der Waals surface area contributed by atoms with E-state index in [4.69, 9.17) is 0 Å². The molecule has 8 heteroatoms. The van der Waals surface area contributed by atoms with Crippen LogP contribution in [0.25, 0.3) is 0 Å². The van der Waals surface area contributed by atoms with Crippen LogP contribution in [0, 0.1) is 13.8 Å². The molecule has 0 radical (unpaired) electrons.